The summed E-state index contributed by atoms with van der Waals surface area (Å²) in [6.45, 7) is 5.03. The van der Waals surface area contributed by atoms with Gasteiger partial charge in [-0.15, -0.1) is 0 Å². The first-order chi connectivity index (χ1) is 15.5. The van der Waals surface area contributed by atoms with Crippen LogP contribution in [-0.2, 0) is 4.79 Å². The predicted octanol–water partition coefficient (Wildman–Crippen LogP) is 3.44. The van der Waals surface area contributed by atoms with Gasteiger partial charge < -0.3 is 15.1 Å². The number of carbonyl (C=O) groups is 3. The highest BCUT2D eigenvalue weighted by Crippen LogP contribution is 2.24. The standard InChI is InChI=1S/C26H31N3O3/c1-19-2-6-22(7-3-19)26(32)29-16-12-23(13-17-29)27-25(31)21-10-14-28(15-11-21)24-8-4-20(18-30)5-9-24/h2-9,18,21,23H,10-17H2,1H3,(H,27,31). The Kier molecular flexibility index (Phi) is 6.88. The van der Waals surface area contributed by atoms with E-state index in [2.05, 4.69) is 10.2 Å². The molecule has 6 heteroatoms. The van der Waals surface area contributed by atoms with E-state index in [1.54, 1.807) is 0 Å². The van der Waals surface area contributed by atoms with E-state index in [1.807, 2.05) is 60.4 Å². The molecule has 4 rings (SSSR count). The summed E-state index contributed by atoms with van der Waals surface area (Å²) >= 11 is 0. The Bertz CT molecular complexity index is 939. The molecule has 168 valence electrons. The van der Waals surface area contributed by atoms with Crippen LogP contribution in [-0.4, -0.2) is 55.2 Å². The second-order valence-corrected chi connectivity index (χ2v) is 8.91. The molecule has 6 nitrogen and oxygen atoms in total. The molecule has 0 unspecified atom stereocenters. The van der Waals surface area contributed by atoms with Gasteiger partial charge in [-0.1, -0.05) is 17.7 Å². The number of aldehydes is 1. The van der Waals surface area contributed by atoms with Crippen LogP contribution < -0.4 is 10.2 Å². The molecule has 0 saturated carbocycles. The van der Waals surface area contributed by atoms with Crippen LogP contribution in [0.2, 0.25) is 0 Å². The summed E-state index contributed by atoms with van der Waals surface area (Å²) in [6.07, 6.45) is 4.10. The van der Waals surface area contributed by atoms with Gasteiger partial charge in [0.25, 0.3) is 5.91 Å². The fourth-order valence-electron chi connectivity index (χ4n) is 4.59. The van der Waals surface area contributed by atoms with E-state index >= 15 is 0 Å². The minimum atomic E-state index is 0.0349. The van der Waals surface area contributed by atoms with E-state index in [1.165, 1.54) is 0 Å². The highest BCUT2D eigenvalue weighted by Gasteiger charge is 2.29. The second kappa shape index (κ2) is 9.98. The lowest BCUT2D eigenvalue weighted by Gasteiger charge is -2.35. The number of benzene rings is 2. The van der Waals surface area contributed by atoms with Crippen LogP contribution in [0.15, 0.2) is 48.5 Å². The lowest BCUT2D eigenvalue weighted by atomic mass is 9.94. The lowest BCUT2D eigenvalue weighted by Crippen LogP contribution is -2.49. The topological polar surface area (TPSA) is 69.7 Å². The Morgan fingerprint density at radius 2 is 1.50 bits per heavy atom. The van der Waals surface area contributed by atoms with Crippen LogP contribution >= 0.6 is 0 Å². The molecule has 2 aromatic carbocycles. The zero-order valence-corrected chi connectivity index (χ0v) is 18.6. The van der Waals surface area contributed by atoms with Gasteiger partial charge >= 0.3 is 0 Å². The van der Waals surface area contributed by atoms with Crippen molar-refractivity contribution in [3.8, 4) is 0 Å². The van der Waals surface area contributed by atoms with E-state index in [0.29, 0.717) is 18.7 Å². The third-order valence-corrected chi connectivity index (χ3v) is 6.69. The molecule has 2 amide bonds. The molecule has 1 N–H and O–H groups in total. The number of anilines is 1. The molecule has 32 heavy (non-hydrogen) atoms. The van der Waals surface area contributed by atoms with E-state index < -0.39 is 0 Å². The first-order valence-corrected chi connectivity index (χ1v) is 11.5. The van der Waals surface area contributed by atoms with Crippen molar-refractivity contribution in [2.45, 2.75) is 38.6 Å². The number of piperidine rings is 2. The van der Waals surface area contributed by atoms with Gasteiger partial charge in [-0.05, 0) is 69.0 Å². The van der Waals surface area contributed by atoms with Crippen LogP contribution in [0, 0.1) is 12.8 Å². The highest BCUT2D eigenvalue weighted by atomic mass is 16.2. The van der Waals surface area contributed by atoms with Gasteiger partial charge in [-0.25, -0.2) is 0 Å². The van der Waals surface area contributed by atoms with Gasteiger partial charge in [0.05, 0.1) is 0 Å². The molecule has 0 aliphatic carbocycles. The van der Waals surface area contributed by atoms with Crippen molar-refractivity contribution >= 4 is 23.8 Å². The van der Waals surface area contributed by atoms with Gasteiger partial charge in [-0.3, -0.25) is 14.4 Å². The van der Waals surface area contributed by atoms with Crippen molar-refractivity contribution in [1.82, 2.24) is 10.2 Å². The number of carbonyl (C=O) groups excluding carboxylic acids is 3. The molecule has 0 aromatic heterocycles. The molecule has 2 aliphatic heterocycles. The maximum atomic E-state index is 12.8. The quantitative estimate of drug-likeness (QED) is 0.734. The molecule has 2 aromatic rings. The Balaban J connectivity index is 1.22. The summed E-state index contributed by atoms with van der Waals surface area (Å²) in [5, 5.41) is 3.23. The number of hydrogen-bond donors (Lipinski definition) is 1. The van der Waals surface area contributed by atoms with Crippen molar-refractivity contribution in [3.05, 3.63) is 65.2 Å². The molecular formula is C26H31N3O3. The predicted molar refractivity (Wildman–Crippen MR) is 125 cm³/mol. The van der Waals surface area contributed by atoms with Crippen molar-refractivity contribution in [1.29, 1.82) is 0 Å². The zero-order chi connectivity index (χ0) is 22.5. The fraction of sp³-hybridized carbons (Fsp3) is 0.423. The summed E-state index contributed by atoms with van der Waals surface area (Å²) in [5.74, 6) is 0.250. The fourth-order valence-corrected chi connectivity index (χ4v) is 4.59. The number of nitrogens with one attached hydrogen (secondary N) is 1. The molecule has 2 aliphatic rings. The summed E-state index contributed by atoms with van der Waals surface area (Å²) in [4.78, 5) is 40.5. The molecule has 0 radical (unpaired) electrons. The molecule has 2 saturated heterocycles. The van der Waals surface area contributed by atoms with Crippen LogP contribution in [0.1, 0.15) is 52.0 Å². The highest BCUT2D eigenvalue weighted by molar-refractivity contribution is 5.94. The lowest BCUT2D eigenvalue weighted by molar-refractivity contribution is -0.126. The third kappa shape index (κ3) is 5.18. The Morgan fingerprint density at radius 1 is 0.875 bits per heavy atom. The Morgan fingerprint density at radius 3 is 2.09 bits per heavy atom. The van der Waals surface area contributed by atoms with Crippen molar-refractivity contribution in [2.24, 2.45) is 5.92 Å². The van der Waals surface area contributed by atoms with Gasteiger partial charge in [0.1, 0.15) is 6.29 Å². The summed E-state index contributed by atoms with van der Waals surface area (Å²) < 4.78 is 0. The van der Waals surface area contributed by atoms with Crippen LogP contribution in [0.4, 0.5) is 5.69 Å². The monoisotopic (exact) mass is 433 g/mol. The Hall–Kier alpha value is -3.15. The maximum absolute atomic E-state index is 12.8. The first-order valence-electron chi connectivity index (χ1n) is 11.5. The number of hydrogen-bond acceptors (Lipinski definition) is 4. The molecular weight excluding hydrogens is 402 g/mol. The number of amides is 2. The van der Waals surface area contributed by atoms with Gasteiger partial charge in [0.2, 0.25) is 5.91 Å². The second-order valence-electron chi connectivity index (χ2n) is 8.91. The third-order valence-electron chi connectivity index (χ3n) is 6.69. The Labute approximate surface area is 189 Å². The van der Waals surface area contributed by atoms with Gasteiger partial charge in [0.15, 0.2) is 0 Å². The van der Waals surface area contributed by atoms with Crippen LogP contribution in [0.5, 0.6) is 0 Å². The summed E-state index contributed by atoms with van der Waals surface area (Å²) in [6, 6.07) is 15.4. The molecule has 0 atom stereocenters. The molecule has 2 fully saturated rings. The minimum absolute atomic E-state index is 0.0349. The van der Waals surface area contributed by atoms with Crippen molar-refractivity contribution < 1.29 is 14.4 Å². The average Bonchev–Trinajstić information content (AvgIpc) is 2.85. The van der Waals surface area contributed by atoms with Crippen molar-refractivity contribution in [2.75, 3.05) is 31.1 Å². The smallest absolute Gasteiger partial charge is 0.253 e. The van der Waals surface area contributed by atoms with E-state index in [0.717, 1.165) is 61.9 Å². The number of rotatable bonds is 5. The zero-order valence-electron chi connectivity index (χ0n) is 18.6. The molecule has 0 spiro atoms. The van der Waals surface area contributed by atoms with Crippen LogP contribution in [0.3, 0.4) is 0 Å². The number of aryl methyl sites for hydroxylation is 1. The maximum Gasteiger partial charge on any atom is 0.253 e. The largest absolute Gasteiger partial charge is 0.371 e. The van der Waals surface area contributed by atoms with Crippen LogP contribution in [0.25, 0.3) is 0 Å². The minimum Gasteiger partial charge on any atom is -0.371 e. The van der Waals surface area contributed by atoms with Gasteiger partial charge in [0, 0.05) is 55.0 Å². The SMILES string of the molecule is Cc1ccc(C(=O)N2CCC(NC(=O)C3CCN(c4ccc(C=O)cc4)CC3)CC2)cc1. The molecule has 0 bridgehead atoms. The van der Waals surface area contributed by atoms with Crippen molar-refractivity contribution in [3.63, 3.8) is 0 Å². The summed E-state index contributed by atoms with van der Waals surface area (Å²) in [7, 11) is 0. The van der Waals surface area contributed by atoms with E-state index in [4.69, 9.17) is 0 Å². The normalized spacial score (nSPS) is 17.8. The number of likely N-dealkylation sites (tertiary alicyclic amines) is 1. The number of nitrogens with zero attached hydrogens (tertiary/aromatic N) is 2. The summed E-state index contributed by atoms with van der Waals surface area (Å²) in [5.41, 5.74) is 3.64. The van der Waals surface area contributed by atoms with Gasteiger partial charge in [-0.2, -0.15) is 0 Å². The van der Waals surface area contributed by atoms with E-state index in [9.17, 15) is 14.4 Å². The first kappa shape index (κ1) is 22.1. The molecule has 2 heterocycles. The van der Waals surface area contributed by atoms with E-state index in [-0.39, 0.29) is 23.8 Å². The average molecular weight is 434 g/mol.